The Morgan fingerprint density at radius 3 is 2.17 bits per heavy atom. The van der Waals surface area contributed by atoms with Gasteiger partial charge < -0.3 is 13.9 Å². The predicted octanol–water partition coefficient (Wildman–Crippen LogP) is 12.6. The normalized spacial score (nSPS) is 15.8. The first kappa shape index (κ1) is 49.0. The zero-order valence-electron chi connectivity index (χ0n) is 37.3. The molecule has 2 aromatic carbocycles. The molecule has 0 saturated heterocycles. The lowest BCUT2D eigenvalue weighted by Gasteiger charge is -2.43. The zero-order chi connectivity index (χ0) is 43.5. The lowest BCUT2D eigenvalue weighted by Crippen LogP contribution is -2.50. The van der Waals surface area contributed by atoms with Gasteiger partial charge in [0.1, 0.15) is 5.75 Å². The number of sulfone groups is 1. The van der Waals surface area contributed by atoms with Crippen molar-refractivity contribution in [3.8, 4) is 5.75 Å². The summed E-state index contributed by atoms with van der Waals surface area (Å²) in [5, 5.41) is 2.31. The second-order valence-corrected chi connectivity index (χ2v) is 25.8. The summed E-state index contributed by atoms with van der Waals surface area (Å²) in [5.74, 6) is 0.594. The molecule has 58 heavy (non-hydrogen) atoms. The Balaban J connectivity index is 1.90. The lowest BCUT2D eigenvalue weighted by atomic mass is 9.77. The number of aromatic nitrogens is 1. The Kier molecular flexibility index (Phi) is 17.9. The Morgan fingerprint density at radius 1 is 0.983 bits per heavy atom. The Hall–Kier alpha value is -3.41. The minimum Gasteiger partial charge on any atom is -0.497 e. The highest BCUT2D eigenvalue weighted by Gasteiger charge is 2.45. The van der Waals surface area contributed by atoms with Crippen LogP contribution in [0.2, 0.25) is 18.1 Å². The largest absolute Gasteiger partial charge is 0.497 e. The lowest BCUT2D eigenvalue weighted by molar-refractivity contribution is -0.128. The average molecular weight is 848 g/mol. The number of allylic oxidation sites excluding steroid dienone is 3. The number of hydrogen-bond acceptors (Lipinski definition) is 8. The fourth-order valence-corrected chi connectivity index (χ4v) is 10.7. The summed E-state index contributed by atoms with van der Waals surface area (Å²) in [6.07, 6.45) is 9.18. The quantitative estimate of drug-likeness (QED) is 0.0565. The minimum absolute atomic E-state index is 0.000343. The number of rotatable bonds is 22. The maximum atomic E-state index is 14.3. The van der Waals surface area contributed by atoms with E-state index in [1.54, 1.807) is 42.7 Å². The summed E-state index contributed by atoms with van der Waals surface area (Å²) in [7, 11) is -4.26. The molecule has 0 N–H and O–H groups in total. The topological polar surface area (TPSA) is 91.8 Å². The number of aryl methyl sites for hydroxylation is 1. The van der Waals surface area contributed by atoms with Gasteiger partial charge in [-0.15, -0.1) is 17.9 Å². The molecule has 0 amide bonds. The van der Waals surface area contributed by atoms with Crippen LogP contribution < -0.4 is 4.74 Å². The van der Waals surface area contributed by atoms with E-state index in [9.17, 15) is 13.2 Å². The first-order chi connectivity index (χ1) is 27.0. The molecule has 0 aliphatic carbocycles. The van der Waals surface area contributed by atoms with Crippen LogP contribution in [0.25, 0.3) is 6.08 Å². The molecule has 318 valence electrons. The molecular weight excluding hydrogens is 779 g/mol. The van der Waals surface area contributed by atoms with Crippen molar-refractivity contribution in [2.45, 2.75) is 142 Å². The van der Waals surface area contributed by atoms with Crippen LogP contribution in [0, 0.1) is 18.3 Å². The van der Waals surface area contributed by atoms with Gasteiger partial charge >= 0.3 is 0 Å². The van der Waals surface area contributed by atoms with E-state index in [1.807, 2.05) is 89.4 Å². The van der Waals surface area contributed by atoms with Gasteiger partial charge in [-0.3, -0.25) is 4.79 Å². The molecule has 3 rings (SSSR count). The van der Waals surface area contributed by atoms with Crippen LogP contribution in [-0.2, 0) is 30.4 Å². The SMILES string of the molecule is C=CC[C@H](O[Si](C)(C)C(C)(C)C)C(C)(C)C(=O)/C(C)=C/[C@@H](C)CC(C/C(C)=C\C[C@H](OCc1ccc(OC)cc1)/C(C)=C/c1csc(C)n1)S(=O)(=O)c1ccccc1. The van der Waals surface area contributed by atoms with Crippen LogP contribution in [-0.4, -0.2) is 52.1 Å². The molecule has 0 fully saturated rings. The zero-order valence-corrected chi connectivity index (χ0v) is 40.0. The van der Waals surface area contributed by atoms with Crippen molar-refractivity contribution in [3.63, 3.8) is 0 Å². The monoisotopic (exact) mass is 847 g/mol. The molecule has 0 radical (unpaired) electrons. The van der Waals surface area contributed by atoms with Crippen molar-refractivity contribution in [2.24, 2.45) is 11.3 Å². The van der Waals surface area contributed by atoms with Crippen molar-refractivity contribution in [3.05, 3.63) is 118 Å². The minimum atomic E-state index is -3.72. The Labute approximate surface area is 355 Å². The highest BCUT2D eigenvalue weighted by molar-refractivity contribution is 7.92. The second kappa shape index (κ2) is 21.2. The fraction of sp³-hybridized carbons (Fsp3) is 0.500. The van der Waals surface area contributed by atoms with E-state index in [0.717, 1.165) is 33.2 Å². The van der Waals surface area contributed by atoms with Gasteiger partial charge in [0.15, 0.2) is 23.9 Å². The summed E-state index contributed by atoms with van der Waals surface area (Å²) in [5.41, 5.74) is 3.71. The van der Waals surface area contributed by atoms with Crippen molar-refractivity contribution in [1.82, 2.24) is 4.98 Å². The molecule has 0 aliphatic heterocycles. The van der Waals surface area contributed by atoms with Gasteiger partial charge in [0.25, 0.3) is 0 Å². The second-order valence-electron chi connectivity index (χ2n) is 17.8. The fourth-order valence-electron chi connectivity index (χ4n) is 6.76. The number of thiazole rings is 1. The molecule has 1 unspecified atom stereocenters. The van der Waals surface area contributed by atoms with Gasteiger partial charge in [-0.05, 0) is 124 Å². The van der Waals surface area contributed by atoms with E-state index in [-0.39, 0.29) is 28.9 Å². The molecular formula is C48H69NO6S2Si. The van der Waals surface area contributed by atoms with Crippen LogP contribution in [0.4, 0.5) is 0 Å². The highest BCUT2D eigenvalue weighted by Crippen LogP contribution is 2.41. The molecule has 0 spiro atoms. The summed E-state index contributed by atoms with van der Waals surface area (Å²) in [4.78, 5) is 19.1. The number of hydrogen-bond donors (Lipinski definition) is 0. The molecule has 0 bridgehead atoms. The molecule has 1 heterocycles. The van der Waals surface area contributed by atoms with Crippen LogP contribution in [0.5, 0.6) is 5.75 Å². The summed E-state index contributed by atoms with van der Waals surface area (Å²) >= 11 is 1.61. The van der Waals surface area contributed by atoms with Crippen molar-refractivity contribution in [2.75, 3.05) is 7.11 Å². The van der Waals surface area contributed by atoms with Gasteiger partial charge in [-0.2, -0.15) is 0 Å². The standard InChI is InChI=1S/C48H69NO6S2Si/c1-15-19-45(55-58(13,14)47(7,8)9)48(10,11)46(50)37(5)28-35(3)30-43(57(51,52)42-20-17-16-18-21-42)29-34(2)22-27-44(36(4)31-40-33-56-38(6)49-40)54-32-39-23-25-41(53-12)26-24-39/h15-18,20-26,28,31,33,35,43-45H,1,19,27,29-30,32H2,2-14H3/b34-22-,36-31+,37-28+/t35-,43?,44+,45+/m1/s1. The summed E-state index contributed by atoms with van der Waals surface area (Å²) < 4.78 is 47.3. The van der Waals surface area contributed by atoms with Gasteiger partial charge in [0, 0.05) is 5.38 Å². The van der Waals surface area contributed by atoms with Gasteiger partial charge in [-0.1, -0.05) is 95.7 Å². The smallest absolute Gasteiger partial charge is 0.192 e. The average Bonchev–Trinajstić information content (AvgIpc) is 3.57. The van der Waals surface area contributed by atoms with Gasteiger partial charge in [-0.25, -0.2) is 13.4 Å². The number of ether oxygens (including phenoxy) is 2. The third kappa shape index (κ3) is 13.8. The Morgan fingerprint density at radius 2 is 1.62 bits per heavy atom. The number of Topliss-reactive ketones (excluding diaryl/α,β-unsaturated/α-hetero) is 1. The molecule has 0 saturated carbocycles. The van der Waals surface area contributed by atoms with Crippen LogP contribution >= 0.6 is 11.3 Å². The molecule has 4 atom stereocenters. The summed E-state index contributed by atoms with van der Waals surface area (Å²) in [6, 6.07) is 16.5. The molecule has 7 nitrogen and oxygen atoms in total. The number of carbonyl (C=O) groups is 1. The van der Waals surface area contributed by atoms with E-state index < -0.39 is 28.8 Å². The molecule has 1 aromatic heterocycles. The number of benzene rings is 2. The first-order valence-electron chi connectivity index (χ1n) is 20.3. The van der Waals surface area contributed by atoms with E-state index in [0.29, 0.717) is 42.8 Å². The molecule has 0 aliphatic rings. The molecule has 10 heteroatoms. The van der Waals surface area contributed by atoms with E-state index in [4.69, 9.17) is 13.9 Å². The van der Waals surface area contributed by atoms with Crippen LogP contribution in [0.15, 0.2) is 106 Å². The van der Waals surface area contributed by atoms with Gasteiger partial charge in [0.05, 0.1) is 52.2 Å². The van der Waals surface area contributed by atoms with Crippen molar-refractivity contribution in [1.29, 1.82) is 0 Å². The van der Waals surface area contributed by atoms with Crippen molar-refractivity contribution < 1.29 is 27.1 Å². The van der Waals surface area contributed by atoms with Crippen molar-refractivity contribution >= 4 is 41.4 Å². The van der Waals surface area contributed by atoms with E-state index >= 15 is 0 Å². The predicted molar refractivity (Wildman–Crippen MR) is 246 cm³/mol. The summed E-state index contributed by atoms with van der Waals surface area (Å²) in [6.45, 7) is 29.2. The number of ketones is 1. The number of methoxy groups -OCH3 is 1. The highest BCUT2D eigenvalue weighted by atomic mass is 32.2. The number of carbonyl (C=O) groups excluding carboxylic acids is 1. The number of nitrogens with zero attached hydrogens (tertiary/aromatic N) is 1. The van der Waals surface area contributed by atoms with Gasteiger partial charge in [0.2, 0.25) is 0 Å². The third-order valence-electron chi connectivity index (χ3n) is 11.4. The maximum Gasteiger partial charge on any atom is 0.192 e. The van der Waals surface area contributed by atoms with Crippen LogP contribution in [0.3, 0.4) is 0 Å². The third-order valence-corrected chi connectivity index (χ3v) is 18.9. The first-order valence-corrected chi connectivity index (χ1v) is 25.7. The van der Waals surface area contributed by atoms with Crippen LogP contribution in [0.1, 0.15) is 104 Å². The Bertz CT molecular complexity index is 2000. The van der Waals surface area contributed by atoms with E-state index in [2.05, 4.69) is 64.5 Å². The maximum absolute atomic E-state index is 14.3. The molecule has 3 aromatic rings. The van der Waals surface area contributed by atoms with E-state index in [1.165, 1.54) is 0 Å².